The van der Waals surface area contributed by atoms with Crippen molar-refractivity contribution in [1.82, 2.24) is 4.98 Å². The molecule has 0 atom stereocenters. The summed E-state index contributed by atoms with van der Waals surface area (Å²) in [5, 5.41) is 6.14. The van der Waals surface area contributed by atoms with Gasteiger partial charge in [-0.25, -0.2) is 0 Å². The number of carbonyl (C=O) groups excluding carboxylic acids is 1. The minimum absolute atomic E-state index is 0.294. The third kappa shape index (κ3) is 4.59. The number of aromatic nitrogens is 1. The Kier molecular flexibility index (Phi) is 6.11. The Bertz CT molecular complexity index is 973. The molecule has 6 heteroatoms. The SMILES string of the molecule is CCOc1ccccc1NC(=O)c1cc(Nc2cc(C)ccc2OC)ccn1. The van der Waals surface area contributed by atoms with Gasteiger partial charge in [-0.2, -0.15) is 0 Å². The van der Waals surface area contributed by atoms with Gasteiger partial charge in [0.15, 0.2) is 0 Å². The highest BCUT2D eigenvalue weighted by atomic mass is 16.5. The molecule has 0 saturated heterocycles. The summed E-state index contributed by atoms with van der Waals surface area (Å²) in [7, 11) is 1.62. The molecule has 0 saturated carbocycles. The van der Waals surface area contributed by atoms with E-state index in [1.807, 2.05) is 50.2 Å². The van der Waals surface area contributed by atoms with Crippen molar-refractivity contribution >= 4 is 23.0 Å². The average molecular weight is 377 g/mol. The number of hydrogen-bond donors (Lipinski definition) is 2. The molecule has 0 aliphatic heterocycles. The number of anilines is 3. The van der Waals surface area contributed by atoms with Gasteiger partial charge in [0.05, 0.1) is 25.1 Å². The molecule has 0 unspecified atom stereocenters. The first-order valence-electron chi connectivity index (χ1n) is 9.01. The molecule has 0 spiro atoms. The number of carbonyl (C=O) groups is 1. The predicted octanol–water partition coefficient (Wildman–Crippen LogP) is 4.79. The number of nitrogens with one attached hydrogen (secondary N) is 2. The van der Waals surface area contributed by atoms with Crippen LogP contribution in [0.25, 0.3) is 0 Å². The highest BCUT2D eigenvalue weighted by Gasteiger charge is 2.12. The van der Waals surface area contributed by atoms with Crippen molar-refractivity contribution in [3.63, 3.8) is 0 Å². The van der Waals surface area contributed by atoms with Gasteiger partial charge >= 0.3 is 0 Å². The van der Waals surface area contributed by atoms with E-state index >= 15 is 0 Å². The monoisotopic (exact) mass is 377 g/mol. The maximum atomic E-state index is 12.7. The van der Waals surface area contributed by atoms with E-state index in [0.29, 0.717) is 23.7 Å². The van der Waals surface area contributed by atoms with Gasteiger partial charge in [-0.05, 0) is 55.8 Å². The Labute approximate surface area is 164 Å². The first-order valence-corrected chi connectivity index (χ1v) is 9.01. The van der Waals surface area contributed by atoms with Crippen molar-refractivity contribution in [3.05, 3.63) is 72.1 Å². The number of methoxy groups -OCH3 is 1. The molecule has 0 bridgehead atoms. The van der Waals surface area contributed by atoms with Gasteiger partial charge in [0.25, 0.3) is 5.91 Å². The smallest absolute Gasteiger partial charge is 0.274 e. The predicted molar refractivity (Wildman–Crippen MR) is 111 cm³/mol. The number of benzene rings is 2. The molecule has 2 N–H and O–H groups in total. The molecule has 2 aromatic carbocycles. The average Bonchev–Trinajstić information content (AvgIpc) is 2.70. The van der Waals surface area contributed by atoms with Gasteiger partial charge in [-0.3, -0.25) is 9.78 Å². The van der Waals surface area contributed by atoms with Crippen LogP contribution in [0.4, 0.5) is 17.1 Å². The molecule has 3 rings (SSSR count). The summed E-state index contributed by atoms with van der Waals surface area (Å²) in [5.74, 6) is 1.03. The lowest BCUT2D eigenvalue weighted by Crippen LogP contribution is -2.14. The lowest BCUT2D eigenvalue weighted by molar-refractivity contribution is 0.102. The molecule has 28 heavy (non-hydrogen) atoms. The van der Waals surface area contributed by atoms with Gasteiger partial charge in [0.2, 0.25) is 0 Å². The Morgan fingerprint density at radius 3 is 2.64 bits per heavy atom. The summed E-state index contributed by atoms with van der Waals surface area (Å²) < 4.78 is 10.9. The minimum atomic E-state index is -0.313. The lowest BCUT2D eigenvalue weighted by atomic mass is 10.2. The van der Waals surface area contributed by atoms with Crippen molar-refractivity contribution in [1.29, 1.82) is 0 Å². The first kappa shape index (κ1) is 19.2. The third-order valence-electron chi connectivity index (χ3n) is 4.06. The van der Waals surface area contributed by atoms with E-state index in [1.54, 1.807) is 31.5 Å². The van der Waals surface area contributed by atoms with Crippen LogP contribution < -0.4 is 20.1 Å². The van der Waals surface area contributed by atoms with Crippen molar-refractivity contribution in [2.24, 2.45) is 0 Å². The maximum Gasteiger partial charge on any atom is 0.274 e. The number of pyridine rings is 1. The standard InChI is InChI=1S/C22H23N3O3/c1-4-28-21-8-6-5-7-17(21)25-22(26)19-14-16(11-12-23-19)24-18-13-15(2)9-10-20(18)27-3/h5-14H,4H2,1-3H3,(H,23,24)(H,25,26). The van der Waals surface area contributed by atoms with Gasteiger partial charge in [0, 0.05) is 11.9 Å². The second kappa shape index (κ2) is 8.90. The molecule has 6 nitrogen and oxygen atoms in total. The van der Waals surface area contributed by atoms with E-state index < -0.39 is 0 Å². The molecule has 1 heterocycles. The van der Waals surface area contributed by atoms with E-state index in [9.17, 15) is 4.79 Å². The number of amides is 1. The molecule has 144 valence electrons. The summed E-state index contributed by atoms with van der Waals surface area (Å²) in [5.41, 5.74) is 3.56. The van der Waals surface area contributed by atoms with Crippen molar-refractivity contribution in [3.8, 4) is 11.5 Å². The van der Waals surface area contributed by atoms with Crippen LogP contribution in [0.15, 0.2) is 60.8 Å². The number of ether oxygens (including phenoxy) is 2. The molecule has 3 aromatic rings. The first-order chi connectivity index (χ1) is 13.6. The van der Waals surface area contributed by atoms with Crippen LogP contribution >= 0.6 is 0 Å². The van der Waals surface area contributed by atoms with Gasteiger partial charge in [-0.15, -0.1) is 0 Å². The van der Waals surface area contributed by atoms with Crippen molar-refractivity contribution < 1.29 is 14.3 Å². The van der Waals surface area contributed by atoms with Crippen LogP contribution in [0.1, 0.15) is 23.0 Å². The molecular formula is C22H23N3O3. The van der Waals surface area contributed by atoms with Crippen LogP contribution in [0.3, 0.4) is 0 Å². The Morgan fingerprint density at radius 1 is 1.04 bits per heavy atom. The summed E-state index contributed by atoms with van der Waals surface area (Å²) in [6.45, 7) is 4.42. The van der Waals surface area contributed by atoms with Crippen molar-refractivity contribution in [2.75, 3.05) is 24.4 Å². The lowest BCUT2D eigenvalue weighted by Gasteiger charge is -2.13. The largest absolute Gasteiger partial charge is 0.495 e. The molecular weight excluding hydrogens is 354 g/mol. The Hall–Kier alpha value is -3.54. The number of para-hydroxylation sites is 2. The minimum Gasteiger partial charge on any atom is -0.495 e. The van der Waals surface area contributed by atoms with E-state index in [2.05, 4.69) is 15.6 Å². The topological polar surface area (TPSA) is 72.5 Å². The zero-order chi connectivity index (χ0) is 19.9. The molecule has 1 amide bonds. The Morgan fingerprint density at radius 2 is 1.86 bits per heavy atom. The van der Waals surface area contributed by atoms with Gasteiger partial charge in [0.1, 0.15) is 17.2 Å². The van der Waals surface area contributed by atoms with Crippen LogP contribution in [-0.2, 0) is 0 Å². The third-order valence-corrected chi connectivity index (χ3v) is 4.06. The van der Waals surface area contributed by atoms with E-state index in [1.165, 1.54) is 0 Å². The second-order valence-electron chi connectivity index (χ2n) is 6.14. The molecule has 1 aromatic heterocycles. The summed E-state index contributed by atoms with van der Waals surface area (Å²) >= 11 is 0. The van der Waals surface area contributed by atoms with Crippen LogP contribution in [-0.4, -0.2) is 24.6 Å². The number of aryl methyl sites for hydroxylation is 1. The number of rotatable bonds is 7. The quantitative estimate of drug-likeness (QED) is 0.619. The molecule has 0 aliphatic carbocycles. The van der Waals surface area contributed by atoms with E-state index in [4.69, 9.17) is 9.47 Å². The highest BCUT2D eigenvalue weighted by molar-refractivity contribution is 6.04. The summed E-state index contributed by atoms with van der Waals surface area (Å²) in [4.78, 5) is 16.9. The summed E-state index contributed by atoms with van der Waals surface area (Å²) in [6, 6.07) is 16.7. The molecule has 0 radical (unpaired) electrons. The van der Waals surface area contributed by atoms with Gasteiger partial charge < -0.3 is 20.1 Å². The van der Waals surface area contributed by atoms with Crippen LogP contribution in [0.2, 0.25) is 0 Å². The van der Waals surface area contributed by atoms with E-state index in [0.717, 1.165) is 22.7 Å². The fourth-order valence-electron chi connectivity index (χ4n) is 2.75. The zero-order valence-corrected chi connectivity index (χ0v) is 16.2. The Balaban J connectivity index is 1.80. The van der Waals surface area contributed by atoms with Crippen LogP contribution in [0.5, 0.6) is 11.5 Å². The molecule has 0 fully saturated rings. The zero-order valence-electron chi connectivity index (χ0n) is 16.2. The fourth-order valence-corrected chi connectivity index (χ4v) is 2.75. The second-order valence-corrected chi connectivity index (χ2v) is 6.14. The van der Waals surface area contributed by atoms with E-state index in [-0.39, 0.29) is 5.91 Å². The van der Waals surface area contributed by atoms with Gasteiger partial charge in [-0.1, -0.05) is 18.2 Å². The number of hydrogen-bond acceptors (Lipinski definition) is 5. The van der Waals surface area contributed by atoms with Crippen LogP contribution in [0, 0.1) is 6.92 Å². The van der Waals surface area contributed by atoms with Crippen molar-refractivity contribution in [2.45, 2.75) is 13.8 Å². The fraction of sp³-hybridized carbons (Fsp3) is 0.182. The highest BCUT2D eigenvalue weighted by Crippen LogP contribution is 2.29. The maximum absolute atomic E-state index is 12.7. The normalized spacial score (nSPS) is 10.2. The number of nitrogens with zero attached hydrogens (tertiary/aromatic N) is 1. The summed E-state index contributed by atoms with van der Waals surface area (Å²) in [6.07, 6.45) is 1.59. The molecule has 0 aliphatic rings.